The Hall–Kier alpha value is -0.930. The molecule has 1 atom stereocenters. The summed E-state index contributed by atoms with van der Waals surface area (Å²) in [5, 5.41) is 13.5. The first kappa shape index (κ1) is 11.6. The van der Waals surface area contributed by atoms with Gasteiger partial charge in [-0.25, -0.2) is 0 Å². The quantitative estimate of drug-likeness (QED) is 0.807. The summed E-state index contributed by atoms with van der Waals surface area (Å²) in [6.07, 6.45) is 4.41. The van der Waals surface area contributed by atoms with Gasteiger partial charge in [-0.3, -0.25) is 4.98 Å². The molecular weight excluding hydrogens is 200 g/mol. The summed E-state index contributed by atoms with van der Waals surface area (Å²) in [7, 11) is 0. The van der Waals surface area contributed by atoms with E-state index in [1.165, 1.54) is 5.56 Å². The Labute approximate surface area is 96.9 Å². The van der Waals surface area contributed by atoms with Crippen molar-refractivity contribution < 1.29 is 5.11 Å². The van der Waals surface area contributed by atoms with Gasteiger partial charge in [0.1, 0.15) is 0 Å². The molecule has 0 radical (unpaired) electrons. The molecule has 0 aliphatic carbocycles. The average Bonchev–Trinajstić information content (AvgIpc) is 2.33. The molecule has 3 nitrogen and oxygen atoms in total. The fraction of sp³-hybridized carbons (Fsp3) is 0.615. The van der Waals surface area contributed by atoms with Crippen LogP contribution in [0.25, 0.3) is 0 Å². The van der Waals surface area contributed by atoms with Crippen LogP contribution in [0, 0.1) is 12.8 Å². The highest BCUT2D eigenvalue weighted by Crippen LogP contribution is 2.19. The molecule has 0 bridgehead atoms. The van der Waals surface area contributed by atoms with Gasteiger partial charge >= 0.3 is 0 Å². The Morgan fingerprint density at radius 3 is 2.94 bits per heavy atom. The number of aryl methyl sites for hydroxylation is 1. The van der Waals surface area contributed by atoms with Crippen molar-refractivity contribution in [1.29, 1.82) is 0 Å². The van der Waals surface area contributed by atoms with Crippen molar-refractivity contribution in [2.24, 2.45) is 5.92 Å². The standard InChI is InChI=1S/C13H20N2O/c1-10-3-2-6-15-12(10)9-13(16)11-4-7-14-8-5-11/h2-3,6,11,13-14,16H,4-5,7-9H2,1H3/t13-/m1/s1. The first-order valence-electron chi connectivity index (χ1n) is 6.06. The van der Waals surface area contributed by atoms with E-state index in [9.17, 15) is 5.11 Å². The number of aromatic nitrogens is 1. The van der Waals surface area contributed by atoms with Gasteiger partial charge in [0.2, 0.25) is 0 Å². The van der Waals surface area contributed by atoms with Crippen molar-refractivity contribution in [1.82, 2.24) is 10.3 Å². The van der Waals surface area contributed by atoms with Crippen LogP contribution >= 0.6 is 0 Å². The van der Waals surface area contributed by atoms with Crippen LogP contribution in [-0.2, 0) is 6.42 Å². The van der Waals surface area contributed by atoms with Crippen LogP contribution in [0.4, 0.5) is 0 Å². The lowest BCUT2D eigenvalue weighted by atomic mass is 9.89. The number of aliphatic hydroxyl groups excluding tert-OH is 1. The molecule has 0 amide bonds. The molecule has 2 heterocycles. The van der Waals surface area contributed by atoms with E-state index in [1.54, 1.807) is 6.20 Å². The molecule has 88 valence electrons. The summed E-state index contributed by atoms with van der Waals surface area (Å²) in [6.45, 7) is 4.11. The highest BCUT2D eigenvalue weighted by atomic mass is 16.3. The molecule has 1 fully saturated rings. The Morgan fingerprint density at radius 2 is 2.25 bits per heavy atom. The summed E-state index contributed by atoms with van der Waals surface area (Å²) in [6, 6.07) is 3.99. The number of piperidine rings is 1. The third-order valence-electron chi connectivity index (χ3n) is 3.45. The molecule has 1 aliphatic heterocycles. The van der Waals surface area contributed by atoms with E-state index in [-0.39, 0.29) is 6.10 Å². The highest BCUT2D eigenvalue weighted by molar-refractivity contribution is 5.18. The predicted octanol–water partition coefficient (Wildman–Crippen LogP) is 1.29. The lowest BCUT2D eigenvalue weighted by molar-refractivity contribution is 0.0881. The van der Waals surface area contributed by atoms with Crippen LogP contribution in [0.1, 0.15) is 24.1 Å². The van der Waals surface area contributed by atoms with Gasteiger partial charge in [0, 0.05) is 18.3 Å². The number of pyridine rings is 1. The second-order valence-corrected chi connectivity index (χ2v) is 4.63. The van der Waals surface area contributed by atoms with E-state index in [4.69, 9.17) is 0 Å². The van der Waals surface area contributed by atoms with Crippen molar-refractivity contribution >= 4 is 0 Å². The zero-order valence-electron chi connectivity index (χ0n) is 9.82. The molecule has 0 aromatic carbocycles. The van der Waals surface area contributed by atoms with E-state index >= 15 is 0 Å². The van der Waals surface area contributed by atoms with Crippen LogP contribution in [0.3, 0.4) is 0 Å². The maximum Gasteiger partial charge on any atom is 0.0624 e. The van der Waals surface area contributed by atoms with Crippen molar-refractivity contribution in [2.45, 2.75) is 32.3 Å². The fourth-order valence-corrected chi connectivity index (χ4v) is 2.33. The molecule has 0 unspecified atom stereocenters. The van der Waals surface area contributed by atoms with Crippen molar-refractivity contribution in [3.63, 3.8) is 0 Å². The normalized spacial score (nSPS) is 19.6. The van der Waals surface area contributed by atoms with Gasteiger partial charge < -0.3 is 10.4 Å². The summed E-state index contributed by atoms with van der Waals surface area (Å²) >= 11 is 0. The number of aliphatic hydroxyl groups is 1. The van der Waals surface area contributed by atoms with Gasteiger partial charge in [-0.05, 0) is 50.4 Å². The summed E-state index contributed by atoms with van der Waals surface area (Å²) in [5.41, 5.74) is 2.21. The minimum absolute atomic E-state index is 0.240. The predicted molar refractivity (Wildman–Crippen MR) is 64.3 cm³/mol. The first-order valence-corrected chi connectivity index (χ1v) is 6.06. The minimum Gasteiger partial charge on any atom is -0.392 e. The molecule has 2 rings (SSSR count). The van der Waals surface area contributed by atoms with E-state index in [0.717, 1.165) is 31.6 Å². The summed E-state index contributed by atoms with van der Waals surface area (Å²) < 4.78 is 0. The van der Waals surface area contributed by atoms with Gasteiger partial charge in [-0.15, -0.1) is 0 Å². The zero-order valence-corrected chi connectivity index (χ0v) is 9.82. The maximum absolute atomic E-state index is 10.2. The van der Waals surface area contributed by atoms with Crippen LogP contribution in [0.2, 0.25) is 0 Å². The van der Waals surface area contributed by atoms with E-state index in [0.29, 0.717) is 12.3 Å². The van der Waals surface area contributed by atoms with Crippen molar-refractivity contribution in [2.75, 3.05) is 13.1 Å². The van der Waals surface area contributed by atoms with Crippen LogP contribution in [0.15, 0.2) is 18.3 Å². The molecule has 1 aromatic heterocycles. The van der Waals surface area contributed by atoms with Gasteiger partial charge in [0.15, 0.2) is 0 Å². The Kier molecular flexibility index (Phi) is 3.91. The number of hydrogen-bond acceptors (Lipinski definition) is 3. The molecule has 0 saturated carbocycles. The zero-order chi connectivity index (χ0) is 11.4. The Bertz CT molecular complexity index is 334. The lowest BCUT2D eigenvalue weighted by Crippen LogP contribution is -2.35. The topological polar surface area (TPSA) is 45.2 Å². The van der Waals surface area contributed by atoms with Crippen LogP contribution in [-0.4, -0.2) is 29.3 Å². The monoisotopic (exact) mass is 220 g/mol. The van der Waals surface area contributed by atoms with Crippen molar-refractivity contribution in [3.8, 4) is 0 Å². The summed E-state index contributed by atoms with van der Waals surface area (Å²) in [5.74, 6) is 0.433. The number of rotatable bonds is 3. The van der Waals surface area contributed by atoms with Gasteiger partial charge in [0.25, 0.3) is 0 Å². The molecule has 1 aliphatic rings. The number of nitrogens with zero attached hydrogens (tertiary/aromatic N) is 1. The third-order valence-corrected chi connectivity index (χ3v) is 3.45. The molecule has 1 saturated heterocycles. The number of nitrogens with one attached hydrogen (secondary N) is 1. The largest absolute Gasteiger partial charge is 0.392 e. The van der Waals surface area contributed by atoms with E-state index in [1.807, 2.05) is 6.07 Å². The minimum atomic E-state index is -0.240. The molecular formula is C13H20N2O. The average molecular weight is 220 g/mol. The smallest absolute Gasteiger partial charge is 0.0624 e. The Morgan fingerprint density at radius 1 is 1.50 bits per heavy atom. The van der Waals surface area contributed by atoms with Crippen LogP contribution in [0.5, 0.6) is 0 Å². The third kappa shape index (κ3) is 2.80. The second kappa shape index (κ2) is 5.41. The van der Waals surface area contributed by atoms with Gasteiger partial charge in [-0.2, -0.15) is 0 Å². The van der Waals surface area contributed by atoms with E-state index < -0.39 is 0 Å². The van der Waals surface area contributed by atoms with Crippen LogP contribution < -0.4 is 5.32 Å². The molecule has 0 spiro atoms. The SMILES string of the molecule is Cc1cccnc1C[C@@H](O)C1CCNCC1. The van der Waals surface area contributed by atoms with E-state index in [2.05, 4.69) is 23.3 Å². The second-order valence-electron chi connectivity index (χ2n) is 4.63. The highest BCUT2D eigenvalue weighted by Gasteiger charge is 2.22. The lowest BCUT2D eigenvalue weighted by Gasteiger charge is -2.27. The summed E-state index contributed by atoms with van der Waals surface area (Å²) in [4.78, 5) is 4.34. The molecule has 3 heteroatoms. The van der Waals surface area contributed by atoms with Gasteiger partial charge in [0.05, 0.1) is 6.10 Å². The fourth-order valence-electron chi connectivity index (χ4n) is 2.33. The van der Waals surface area contributed by atoms with Crippen molar-refractivity contribution in [3.05, 3.63) is 29.6 Å². The maximum atomic E-state index is 10.2. The van der Waals surface area contributed by atoms with Gasteiger partial charge in [-0.1, -0.05) is 6.07 Å². The first-order chi connectivity index (χ1) is 7.77. The number of hydrogen-bond donors (Lipinski definition) is 2. The molecule has 16 heavy (non-hydrogen) atoms. The molecule has 2 N–H and O–H groups in total. The Balaban J connectivity index is 1.96. The molecule has 1 aromatic rings.